The van der Waals surface area contributed by atoms with Crippen LogP contribution in [-0.4, -0.2) is 28.9 Å². The lowest BCUT2D eigenvalue weighted by molar-refractivity contribution is -0.136. The lowest BCUT2D eigenvalue weighted by Gasteiger charge is -2.21. The maximum Gasteiger partial charge on any atom is 0.488 e. The molecule has 0 heterocycles. The highest BCUT2D eigenvalue weighted by atomic mass is 19.4. The van der Waals surface area contributed by atoms with E-state index in [4.69, 9.17) is 14.8 Å². The van der Waals surface area contributed by atoms with E-state index in [2.05, 4.69) is 0 Å². The predicted molar refractivity (Wildman–Crippen MR) is 71.1 cm³/mol. The SMILES string of the molecule is CC(C)(C)OC(=O)Nc1cc(B(O)O)ccc1C(F)(F)F. The third-order valence-corrected chi connectivity index (χ3v) is 2.28. The number of carbonyl (C=O) groups is 1. The summed E-state index contributed by atoms with van der Waals surface area (Å²) in [4.78, 5) is 11.6. The Morgan fingerprint density at radius 1 is 1.24 bits per heavy atom. The highest BCUT2D eigenvalue weighted by molar-refractivity contribution is 6.58. The van der Waals surface area contributed by atoms with E-state index in [-0.39, 0.29) is 5.46 Å². The van der Waals surface area contributed by atoms with Gasteiger partial charge >= 0.3 is 19.4 Å². The zero-order valence-electron chi connectivity index (χ0n) is 11.7. The van der Waals surface area contributed by atoms with Crippen molar-refractivity contribution in [3.63, 3.8) is 0 Å². The highest BCUT2D eigenvalue weighted by Gasteiger charge is 2.35. The topological polar surface area (TPSA) is 78.8 Å². The van der Waals surface area contributed by atoms with E-state index >= 15 is 0 Å². The second kappa shape index (κ2) is 5.94. The Kier molecular flexibility index (Phi) is 4.90. The summed E-state index contributed by atoms with van der Waals surface area (Å²) in [5, 5.41) is 20.0. The smallest absolute Gasteiger partial charge is 0.444 e. The molecule has 116 valence electrons. The molecule has 0 aliphatic rings. The number of rotatable bonds is 2. The molecule has 0 saturated heterocycles. The van der Waals surface area contributed by atoms with Gasteiger partial charge in [-0.3, -0.25) is 5.32 Å². The van der Waals surface area contributed by atoms with Crippen molar-refractivity contribution in [2.75, 3.05) is 5.32 Å². The molecule has 1 amide bonds. The number of carbonyl (C=O) groups excluding carboxylic acids is 1. The quantitative estimate of drug-likeness (QED) is 0.727. The Morgan fingerprint density at radius 3 is 2.24 bits per heavy atom. The van der Waals surface area contributed by atoms with Crippen LogP contribution in [0, 0.1) is 0 Å². The highest BCUT2D eigenvalue weighted by Crippen LogP contribution is 2.34. The van der Waals surface area contributed by atoms with Crippen molar-refractivity contribution < 1.29 is 32.8 Å². The third-order valence-electron chi connectivity index (χ3n) is 2.28. The molecule has 0 atom stereocenters. The van der Waals surface area contributed by atoms with Gasteiger partial charge in [-0.25, -0.2) is 4.79 Å². The summed E-state index contributed by atoms with van der Waals surface area (Å²) >= 11 is 0. The molecule has 0 aliphatic heterocycles. The van der Waals surface area contributed by atoms with Gasteiger partial charge in [-0.05, 0) is 38.4 Å². The molecule has 0 saturated carbocycles. The van der Waals surface area contributed by atoms with Gasteiger partial charge in [0.25, 0.3) is 0 Å². The van der Waals surface area contributed by atoms with Crippen molar-refractivity contribution in [3.05, 3.63) is 23.8 Å². The minimum atomic E-state index is -4.71. The molecule has 21 heavy (non-hydrogen) atoms. The van der Waals surface area contributed by atoms with Crippen molar-refractivity contribution in [1.82, 2.24) is 0 Å². The number of anilines is 1. The summed E-state index contributed by atoms with van der Waals surface area (Å²) in [6.07, 6.45) is -5.78. The Bertz CT molecular complexity index is 526. The van der Waals surface area contributed by atoms with Crippen LogP contribution >= 0.6 is 0 Å². The number of amides is 1. The zero-order chi connectivity index (χ0) is 16.4. The summed E-state index contributed by atoms with van der Waals surface area (Å²) in [6, 6.07) is 2.40. The van der Waals surface area contributed by atoms with Crippen LogP contribution in [0.5, 0.6) is 0 Å². The molecule has 0 aromatic heterocycles. The van der Waals surface area contributed by atoms with Gasteiger partial charge in [-0.2, -0.15) is 13.2 Å². The normalized spacial score (nSPS) is 12.0. The lowest BCUT2D eigenvalue weighted by Crippen LogP contribution is -2.32. The van der Waals surface area contributed by atoms with Gasteiger partial charge in [0.15, 0.2) is 0 Å². The summed E-state index contributed by atoms with van der Waals surface area (Å²) in [5.74, 6) is 0. The van der Waals surface area contributed by atoms with E-state index in [1.807, 2.05) is 5.32 Å². The molecule has 1 aromatic carbocycles. The molecule has 0 bridgehead atoms. The summed E-state index contributed by atoms with van der Waals surface area (Å²) in [5.41, 5.74) is -2.79. The molecule has 0 fully saturated rings. The van der Waals surface area contributed by atoms with Crippen LogP contribution in [0.1, 0.15) is 26.3 Å². The van der Waals surface area contributed by atoms with Crippen molar-refractivity contribution >= 4 is 24.4 Å². The number of benzene rings is 1. The molecule has 1 rings (SSSR count). The first-order valence-corrected chi connectivity index (χ1v) is 5.97. The first-order valence-electron chi connectivity index (χ1n) is 5.97. The van der Waals surface area contributed by atoms with Gasteiger partial charge < -0.3 is 14.8 Å². The number of halogens is 3. The van der Waals surface area contributed by atoms with Crippen LogP contribution in [-0.2, 0) is 10.9 Å². The van der Waals surface area contributed by atoms with E-state index in [0.29, 0.717) is 6.07 Å². The fourth-order valence-electron chi connectivity index (χ4n) is 1.49. The van der Waals surface area contributed by atoms with E-state index in [1.54, 1.807) is 20.8 Å². The van der Waals surface area contributed by atoms with E-state index in [9.17, 15) is 18.0 Å². The number of ether oxygens (including phenoxy) is 1. The van der Waals surface area contributed by atoms with Gasteiger partial charge in [-0.15, -0.1) is 0 Å². The number of hydrogen-bond donors (Lipinski definition) is 3. The summed E-state index contributed by atoms with van der Waals surface area (Å²) < 4.78 is 43.4. The number of hydrogen-bond acceptors (Lipinski definition) is 4. The third kappa shape index (κ3) is 5.28. The van der Waals surface area contributed by atoms with Gasteiger partial charge in [0.1, 0.15) is 5.60 Å². The van der Waals surface area contributed by atoms with Gasteiger partial charge in [0.05, 0.1) is 11.3 Å². The first-order chi connectivity index (χ1) is 9.40. The molecule has 0 aliphatic carbocycles. The minimum Gasteiger partial charge on any atom is -0.444 e. The lowest BCUT2D eigenvalue weighted by atomic mass is 9.79. The molecule has 5 nitrogen and oxygen atoms in total. The standard InChI is InChI=1S/C12H15BF3NO4/c1-11(2,3)21-10(18)17-9-6-7(13(19)20)4-5-8(9)12(14,15)16/h4-6,19-20H,1-3H3,(H,17,18). The molecule has 9 heteroatoms. The number of alkyl halides is 3. The van der Waals surface area contributed by atoms with Crippen molar-refractivity contribution in [3.8, 4) is 0 Å². The molecule has 3 N–H and O–H groups in total. The Morgan fingerprint density at radius 2 is 1.81 bits per heavy atom. The van der Waals surface area contributed by atoms with Crippen LogP contribution in [0.4, 0.5) is 23.7 Å². The molecule has 0 unspecified atom stereocenters. The van der Waals surface area contributed by atoms with Gasteiger partial charge in [0, 0.05) is 0 Å². The summed E-state index contributed by atoms with van der Waals surface area (Å²) in [7, 11) is -1.95. The molecule has 0 spiro atoms. The van der Waals surface area contributed by atoms with Crippen molar-refractivity contribution in [1.29, 1.82) is 0 Å². The van der Waals surface area contributed by atoms with Gasteiger partial charge in [-0.1, -0.05) is 6.07 Å². The van der Waals surface area contributed by atoms with Crippen molar-refractivity contribution in [2.24, 2.45) is 0 Å². The van der Waals surface area contributed by atoms with Crippen LogP contribution in [0.2, 0.25) is 0 Å². The average Bonchev–Trinajstić information content (AvgIpc) is 2.24. The van der Waals surface area contributed by atoms with E-state index in [0.717, 1.165) is 12.1 Å². The van der Waals surface area contributed by atoms with E-state index in [1.165, 1.54) is 0 Å². The zero-order valence-corrected chi connectivity index (χ0v) is 11.7. The Hall–Kier alpha value is -1.74. The first kappa shape index (κ1) is 17.3. The number of nitrogens with one attached hydrogen (secondary N) is 1. The van der Waals surface area contributed by atoms with Crippen molar-refractivity contribution in [2.45, 2.75) is 32.5 Å². The predicted octanol–water partition coefficient (Wildman–Crippen LogP) is 1.73. The molecular formula is C12H15BF3NO4. The Balaban J connectivity index is 3.12. The van der Waals surface area contributed by atoms with Crippen LogP contribution in [0.15, 0.2) is 18.2 Å². The minimum absolute atomic E-state index is 0.186. The fraction of sp³-hybridized carbons (Fsp3) is 0.417. The fourth-order valence-corrected chi connectivity index (χ4v) is 1.49. The molecular weight excluding hydrogens is 290 g/mol. The average molecular weight is 305 g/mol. The largest absolute Gasteiger partial charge is 0.488 e. The maximum atomic E-state index is 12.9. The molecule has 0 radical (unpaired) electrons. The summed E-state index contributed by atoms with van der Waals surface area (Å²) in [6.45, 7) is 4.68. The van der Waals surface area contributed by atoms with Crippen LogP contribution in [0.25, 0.3) is 0 Å². The second-order valence-electron chi connectivity index (χ2n) is 5.30. The Labute approximate surface area is 119 Å². The monoisotopic (exact) mass is 305 g/mol. The second-order valence-corrected chi connectivity index (χ2v) is 5.30. The van der Waals surface area contributed by atoms with E-state index < -0.39 is 36.2 Å². The maximum absolute atomic E-state index is 12.9. The van der Waals surface area contributed by atoms with Gasteiger partial charge in [0.2, 0.25) is 0 Å². The molecule has 1 aromatic rings. The van der Waals surface area contributed by atoms with Crippen LogP contribution in [0.3, 0.4) is 0 Å². The van der Waals surface area contributed by atoms with Crippen LogP contribution < -0.4 is 10.8 Å².